The van der Waals surface area contributed by atoms with Crippen LogP contribution in [0.4, 0.5) is 0 Å². The fraction of sp³-hybridized carbons (Fsp3) is 0.111. The maximum atomic E-state index is 13.4. The van der Waals surface area contributed by atoms with Crippen LogP contribution in [0.15, 0.2) is 78.9 Å². The summed E-state index contributed by atoms with van der Waals surface area (Å²) in [4.78, 5) is 49.0. The minimum atomic E-state index is -1.01. The highest BCUT2D eigenvalue weighted by molar-refractivity contribution is 6.33. The zero-order valence-corrected chi connectivity index (χ0v) is 19.1. The molecule has 0 aliphatic carbocycles. The Hall–Kier alpha value is -4.03. The number of benzene rings is 3. The van der Waals surface area contributed by atoms with Crippen molar-refractivity contribution in [2.45, 2.75) is 13.3 Å². The quantitative estimate of drug-likeness (QED) is 0.335. The molecule has 3 rings (SSSR count). The molecular formula is C27H22ClNO5. The summed E-state index contributed by atoms with van der Waals surface area (Å²) in [6.07, 6.45) is 1.12. The lowest BCUT2D eigenvalue weighted by molar-refractivity contribution is -0.136. The van der Waals surface area contributed by atoms with Gasteiger partial charge in [0.15, 0.2) is 11.6 Å². The number of aliphatic carboxylic acids is 1. The molecule has 0 saturated heterocycles. The van der Waals surface area contributed by atoms with Crippen molar-refractivity contribution in [2.24, 2.45) is 0 Å². The van der Waals surface area contributed by atoms with Crippen LogP contribution < -0.4 is 5.32 Å². The van der Waals surface area contributed by atoms with Gasteiger partial charge in [0.2, 0.25) is 0 Å². The molecule has 0 heterocycles. The number of nitrogens with one attached hydrogen (secondary N) is 1. The van der Waals surface area contributed by atoms with Gasteiger partial charge in [0.25, 0.3) is 5.91 Å². The van der Waals surface area contributed by atoms with E-state index < -0.39 is 11.9 Å². The predicted molar refractivity (Wildman–Crippen MR) is 130 cm³/mol. The summed E-state index contributed by atoms with van der Waals surface area (Å²) in [6.45, 7) is 1.93. The van der Waals surface area contributed by atoms with Gasteiger partial charge < -0.3 is 10.4 Å². The van der Waals surface area contributed by atoms with Crippen molar-refractivity contribution in [2.75, 3.05) is 6.54 Å². The van der Waals surface area contributed by atoms with E-state index >= 15 is 0 Å². The highest BCUT2D eigenvalue weighted by Crippen LogP contribution is 2.22. The van der Waals surface area contributed by atoms with Gasteiger partial charge in [-0.1, -0.05) is 53.6 Å². The molecule has 2 N–H and O–H groups in total. The second-order valence-electron chi connectivity index (χ2n) is 7.60. The molecule has 0 fully saturated rings. The topological polar surface area (TPSA) is 101 Å². The molecular weight excluding hydrogens is 454 g/mol. The Balaban J connectivity index is 1.88. The number of Topliss-reactive ketones (excluding diaryl/α,β-unsaturated/α-hetero) is 1. The van der Waals surface area contributed by atoms with Crippen molar-refractivity contribution < 1.29 is 24.3 Å². The van der Waals surface area contributed by atoms with E-state index in [4.69, 9.17) is 16.7 Å². The largest absolute Gasteiger partial charge is 0.481 e. The van der Waals surface area contributed by atoms with Crippen molar-refractivity contribution in [3.63, 3.8) is 0 Å². The highest BCUT2D eigenvalue weighted by Gasteiger charge is 2.18. The number of carboxylic acids is 1. The number of halogens is 1. The monoisotopic (exact) mass is 475 g/mol. The second-order valence-corrected chi connectivity index (χ2v) is 8.04. The summed E-state index contributed by atoms with van der Waals surface area (Å²) in [6, 6.07) is 19.6. The van der Waals surface area contributed by atoms with Crippen LogP contribution >= 0.6 is 11.6 Å². The third-order valence-electron chi connectivity index (χ3n) is 5.05. The van der Waals surface area contributed by atoms with Crippen molar-refractivity contribution in [3.8, 4) is 0 Å². The smallest absolute Gasteiger partial charge is 0.305 e. The van der Waals surface area contributed by atoms with Gasteiger partial charge in [0.05, 0.1) is 6.42 Å². The molecule has 0 bridgehead atoms. The minimum Gasteiger partial charge on any atom is -0.481 e. The number of ketones is 2. The Kier molecular flexibility index (Phi) is 8.11. The van der Waals surface area contributed by atoms with Gasteiger partial charge in [0, 0.05) is 33.8 Å². The normalized spacial score (nSPS) is 11.1. The third-order valence-corrected chi connectivity index (χ3v) is 5.30. The molecule has 0 aliphatic heterocycles. The molecule has 0 radical (unpaired) electrons. The lowest BCUT2D eigenvalue weighted by atomic mass is 9.93. The summed E-state index contributed by atoms with van der Waals surface area (Å²) < 4.78 is 0. The van der Waals surface area contributed by atoms with Crippen LogP contribution in [0, 0.1) is 6.92 Å². The molecule has 0 atom stereocenters. The molecule has 0 spiro atoms. The van der Waals surface area contributed by atoms with E-state index in [9.17, 15) is 19.2 Å². The van der Waals surface area contributed by atoms with Gasteiger partial charge in [-0.15, -0.1) is 0 Å². The van der Waals surface area contributed by atoms with Crippen LogP contribution in [0.5, 0.6) is 0 Å². The summed E-state index contributed by atoms with van der Waals surface area (Å²) >= 11 is 5.90. The summed E-state index contributed by atoms with van der Waals surface area (Å²) in [5.74, 6) is -2.16. The fourth-order valence-corrected chi connectivity index (χ4v) is 3.28. The van der Waals surface area contributed by atoms with Gasteiger partial charge in [0.1, 0.15) is 0 Å². The number of hydrogen-bond donors (Lipinski definition) is 2. The molecule has 6 nitrogen and oxygen atoms in total. The lowest BCUT2D eigenvalue weighted by Gasteiger charge is -2.09. The number of aryl methyl sites for hydroxylation is 1. The lowest BCUT2D eigenvalue weighted by Crippen LogP contribution is -2.26. The van der Waals surface area contributed by atoms with E-state index in [1.807, 2.05) is 19.1 Å². The predicted octanol–water partition coefficient (Wildman–Crippen LogP) is 5.00. The summed E-state index contributed by atoms with van der Waals surface area (Å²) in [7, 11) is 0. The summed E-state index contributed by atoms with van der Waals surface area (Å²) in [5.41, 5.74) is 2.82. The third kappa shape index (κ3) is 6.49. The van der Waals surface area contributed by atoms with E-state index in [1.165, 1.54) is 30.3 Å². The zero-order chi connectivity index (χ0) is 24.7. The fourth-order valence-electron chi connectivity index (χ4n) is 3.16. The van der Waals surface area contributed by atoms with Gasteiger partial charge >= 0.3 is 5.97 Å². The van der Waals surface area contributed by atoms with E-state index in [2.05, 4.69) is 5.32 Å². The first-order valence-electron chi connectivity index (χ1n) is 10.5. The van der Waals surface area contributed by atoms with E-state index in [0.29, 0.717) is 27.3 Å². The average molecular weight is 476 g/mol. The number of carbonyl (C=O) groups excluding carboxylic acids is 3. The molecule has 0 aromatic heterocycles. The number of allylic oxidation sites excluding steroid dienone is 2. The number of carboxylic acid groups (broad SMARTS) is 1. The van der Waals surface area contributed by atoms with Crippen molar-refractivity contribution in [3.05, 3.63) is 112 Å². The molecule has 172 valence electrons. The Morgan fingerprint density at radius 2 is 1.32 bits per heavy atom. The molecule has 3 aromatic rings. The van der Waals surface area contributed by atoms with E-state index in [1.54, 1.807) is 36.4 Å². The standard InChI is InChI=1S/C27H22ClNO5/c1-17-2-4-18(5-3-17)23(16-24(30)19-10-12-22(28)13-11-19)26(33)20-6-8-21(9-7-20)27(34)29-15-14-25(31)32/h2-13,16H,14-15H2,1H3,(H,29,34)(H,31,32)/b23-16-. The first kappa shape index (κ1) is 24.6. The summed E-state index contributed by atoms with van der Waals surface area (Å²) in [5, 5.41) is 11.7. The number of amides is 1. The number of carbonyl (C=O) groups is 4. The molecule has 7 heteroatoms. The molecule has 34 heavy (non-hydrogen) atoms. The van der Waals surface area contributed by atoms with E-state index in [0.717, 1.165) is 5.56 Å². The number of hydrogen-bond acceptors (Lipinski definition) is 4. The highest BCUT2D eigenvalue weighted by atomic mass is 35.5. The Labute approximate surface area is 201 Å². The SMILES string of the molecule is Cc1ccc(/C(=C/C(=O)c2ccc(Cl)cc2)C(=O)c2ccc(C(=O)NCCC(=O)O)cc2)cc1. The van der Waals surface area contributed by atoms with E-state index in [-0.39, 0.29) is 30.1 Å². The molecule has 1 amide bonds. The first-order valence-corrected chi connectivity index (χ1v) is 10.9. The van der Waals surface area contributed by atoms with Crippen LogP contribution in [-0.4, -0.2) is 35.1 Å². The average Bonchev–Trinajstić information content (AvgIpc) is 2.83. The number of rotatable bonds is 9. The van der Waals surface area contributed by atoms with Gasteiger partial charge in [-0.3, -0.25) is 19.2 Å². The maximum absolute atomic E-state index is 13.4. The minimum absolute atomic E-state index is 0.00195. The van der Waals surface area contributed by atoms with Crippen LogP contribution in [-0.2, 0) is 4.79 Å². The Morgan fingerprint density at radius 1 is 0.794 bits per heavy atom. The molecule has 3 aromatic carbocycles. The Morgan fingerprint density at radius 3 is 1.91 bits per heavy atom. The van der Waals surface area contributed by atoms with Gasteiger partial charge in [-0.2, -0.15) is 0 Å². The molecule has 0 aliphatic rings. The van der Waals surface area contributed by atoms with Gasteiger partial charge in [-0.05, 0) is 55.0 Å². The molecule has 0 unspecified atom stereocenters. The van der Waals surface area contributed by atoms with Crippen LogP contribution in [0.1, 0.15) is 48.6 Å². The van der Waals surface area contributed by atoms with Gasteiger partial charge in [-0.25, -0.2) is 0 Å². The van der Waals surface area contributed by atoms with Crippen molar-refractivity contribution in [1.82, 2.24) is 5.32 Å². The van der Waals surface area contributed by atoms with Crippen LogP contribution in [0.25, 0.3) is 5.57 Å². The van der Waals surface area contributed by atoms with Crippen molar-refractivity contribution >= 4 is 40.6 Å². The van der Waals surface area contributed by atoms with Crippen LogP contribution in [0.2, 0.25) is 5.02 Å². The van der Waals surface area contributed by atoms with Crippen molar-refractivity contribution in [1.29, 1.82) is 0 Å². The first-order chi connectivity index (χ1) is 16.2. The molecule has 0 saturated carbocycles. The Bertz CT molecular complexity index is 1240. The maximum Gasteiger partial charge on any atom is 0.305 e. The zero-order valence-electron chi connectivity index (χ0n) is 18.4. The van der Waals surface area contributed by atoms with Crippen LogP contribution in [0.3, 0.4) is 0 Å². The second kappa shape index (κ2) is 11.2.